The summed E-state index contributed by atoms with van der Waals surface area (Å²) in [7, 11) is 0. The zero-order chi connectivity index (χ0) is 27.4. The van der Waals surface area contributed by atoms with E-state index in [1.54, 1.807) is 0 Å². The Morgan fingerprint density at radius 3 is 1.38 bits per heavy atom. The molecule has 0 bridgehead atoms. The smallest absolute Gasteiger partial charge is 0.187 e. The van der Waals surface area contributed by atoms with E-state index >= 15 is 0 Å². The highest BCUT2D eigenvalue weighted by Crippen LogP contribution is 2.29. The van der Waals surface area contributed by atoms with Crippen molar-refractivity contribution < 1.29 is 28.8 Å². The molecule has 40 heavy (non-hydrogen) atoms. The van der Waals surface area contributed by atoms with E-state index in [2.05, 4.69) is 0 Å². The van der Waals surface area contributed by atoms with Crippen LogP contribution >= 0.6 is 0 Å². The van der Waals surface area contributed by atoms with Gasteiger partial charge in [0.05, 0.1) is 33.0 Å². The summed E-state index contributed by atoms with van der Waals surface area (Å²) >= 11 is 0. The third-order valence-electron chi connectivity index (χ3n) is 6.84. The van der Waals surface area contributed by atoms with Crippen LogP contribution in [0, 0.1) is 0 Å². The second kappa shape index (κ2) is 14.9. The number of ether oxygens (including phenoxy) is 5. The third kappa shape index (κ3) is 8.08. The van der Waals surface area contributed by atoms with E-state index in [9.17, 15) is 5.11 Å². The Bertz CT molecular complexity index is 1200. The Morgan fingerprint density at radius 1 is 0.500 bits per heavy atom. The molecule has 0 unspecified atom stereocenters. The van der Waals surface area contributed by atoms with Crippen LogP contribution in [0.15, 0.2) is 121 Å². The molecule has 4 aromatic rings. The van der Waals surface area contributed by atoms with E-state index in [1.807, 2.05) is 121 Å². The number of rotatable bonds is 13. The number of hydrogen-bond donors (Lipinski definition) is 1. The minimum Gasteiger partial charge on any atom is -0.385 e. The van der Waals surface area contributed by atoms with Gasteiger partial charge in [-0.05, 0) is 22.3 Å². The van der Waals surface area contributed by atoms with E-state index in [0.717, 1.165) is 22.3 Å². The summed E-state index contributed by atoms with van der Waals surface area (Å²) in [6, 6.07) is 39.6. The van der Waals surface area contributed by atoms with Crippen molar-refractivity contribution in [3.8, 4) is 0 Å². The average Bonchev–Trinajstić information content (AvgIpc) is 3.01. The average molecular weight is 541 g/mol. The molecule has 0 spiro atoms. The van der Waals surface area contributed by atoms with Crippen LogP contribution in [0.3, 0.4) is 0 Å². The molecular formula is C34H36O6. The predicted molar refractivity (Wildman–Crippen MR) is 152 cm³/mol. The summed E-state index contributed by atoms with van der Waals surface area (Å²) < 4.78 is 31.3. The molecule has 0 saturated carbocycles. The second-order valence-electron chi connectivity index (χ2n) is 9.85. The van der Waals surface area contributed by atoms with Gasteiger partial charge >= 0.3 is 0 Å². The first-order valence-electron chi connectivity index (χ1n) is 13.7. The molecule has 0 aliphatic carbocycles. The Kier molecular flexibility index (Phi) is 10.5. The lowest BCUT2D eigenvalue weighted by atomic mass is 9.98. The molecule has 5 atom stereocenters. The van der Waals surface area contributed by atoms with Gasteiger partial charge in [0.1, 0.15) is 24.4 Å². The molecule has 208 valence electrons. The lowest BCUT2D eigenvalue weighted by Crippen LogP contribution is -2.61. The van der Waals surface area contributed by atoms with Crippen molar-refractivity contribution in [3.63, 3.8) is 0 Å². The summed E-state index contributed by atoms with van der Waals surface area (Å²) in [4.78, 5) is 0. The van der Waals surface area contributed by atoms with Gasteiger partial charge in [-0.15, -0.1) is 0 Å². The van der Waals surface area contributed by atoms with Crippen molar-refractivity contribution in [2.45, 2.75) is 57.1 Å². The molecule has 1 fully saturated rings. The van der Waals surface area contributed by atoms with E-state index < -0.39 is 30.7 Å². The highest BCUT2D eigenvalue weighted by molar-refractivity contribution is 5.16. The molecule has 4 aromatic carbocycles. The fourth-order valence-electron chi connectivity index (χ4n) is 4.71. The first-order chi connectivity index (χ1) is 19.8. The monoisotopic (exact) mass is 540 g/mol. The lowest BCUT2D eigenvalue weighted by molar-refractivity contribution is -0.321. The number of aliphatic hydroxyl groups is 1. The standard InChI is InChI=1S/C34H36O6/c35-31-33(38-23-28-17-9-3-10-18-28)32(37-22-27-15-7-2-8-16-27)30(25-36-21-26-13-5-1-6-14-26)40-34(31)39-24-29-19-11-4-12-20-29/h1-20,30-35H,21-25H2/t30-,31-,32-,33-,34-/m1/s1. The molecule has 5 rings (SSSR count). The van der Waals surface area contributed by atoms with Gasteiger partial charge in [0, 0.05) is 0 Å². The quantitative estimate of drug-likeness (QED) is 0.236. The minimum atomic E-state index is -1.07. The van der Waals surface area contributed by atoms with Crippen LogP contribution in [0.5, 0.6) is 0 Å². The van der Waals surface area contributed by atoms with Crippen LogP contribution in [0.25, 0.3) is 0 Å². The number of benzene rings is 4. The molecule has 0 radical (unpaired) electrons. The highest BCUT2D eigenvalue weighted by atomic mass is 16.7. The van der Waals surface area contributed by atoms with Gasteiger partial charge in [-0.3, -0.25) is 0 Å². The Balaban J connectivity index is 1.34. The van der Waals surface area contributed by atoms with Crippen molar-refractivity contribution in [1.82, 2.24) is 0 Å². The van der Waals surface area contributed by atoms with E-state index in [4.69, 9.17) is 23.7 Å². The predicted octanol–water partition coefficient (Wildman–Crippen LogP) is 5.68. The maximum Gasteiger partial charge on any atom is 0.187 e. The van der Waals surface area contributed by atoms with E-state index in [0.29, 0.717) is 26.4 Å². The van der Waals surface area contributed by atoms with Gasteiger partial charge in [0.15, 0.2) is 6.29 Å². The molecular weight excluding hydrogens is 504 g/mol. The van der Waals surface area contributed by atoms with Crippen molar-refractivity contribution in [2.75, 3.05) is 6.61 Å². The summed E-state index contributed by atoms with van der Waals surface area (Å²) in [6.45, 7) is 1.63. The normalized spacial score (nSPS) is 22.7. The second-order valence-corrected chi connectivity index (χ2v) is 9.85. The number of aliphatic hydroxyl groups excluding tert-OH is 1. The molecule has 6 nitrogen and oxygen atoms in total. The summed E-state index contributed by atoms with van der Waals surface area (Å²) in [6.07, 6.45) is -3.81. The highest BCUT2D eigenvalue weighted by Gasteiger charge is 2.47. The molecule has 1 aliphatic rings. The van der Waals surface area contributed by atoms with Crippen LogP contribution in [-0.2, 0) is 50.1 Å². The van der Waals surface area contributed by atoms with Crippen LogP contribution in [-0.4, -0.2) is 42.4 Å². The van der Waals surface area contributed by atoms with Crippen LogP contribution in [0.2, 0.25) is 0 Å². The SMILES string of the molecule is O[C@H]1[C@H](OCc2ccccc2)O[C@H](COCc2ccccc2)[C@@H](OCc2ccccc2)[C@@H]1OCc1ccccc1. The Morgan fingerprint density at radius 2 is 0.900 bits per heavy atom. The largest absolute Gasteiger partial charge is 0.385 e. The van der Waals surface area contributed by atoms with Gasteiger partial charge in [-0.1, -0.05) is 121 Å². The van der Waals surface area contributed by atoms with Crippen molar-refractivity contribution in [2.24, 2.45) is 0 Å². The zero-order valence-corrected chi connectivity index (χ0v) is 22.5. The Labute approximate surface area is 236 Å². The van der Waals surface area contributed by atoms with Gasteiger partial charge < -0.3 is 28.8 Å². The van der Waals surface area contributed by atoms with Crippen molar-refractivity contribution in [1.29, 1.82) is 0 Å². The van der Waals surface area contributed by atoms with Crippen LogP contribution in [0.4, 0.5) is 0 Å². The minimum absolute atomic E-state index is 0.247. The summed E-state index contributed by atoms with van der Waals surface area (Å²) in [5.41, 5.74) is 4.07. The molecule has 1 aliphatic heterocycles. The summed E-state index contributed by atoms with van der Waals surface area (Å²) in [5, 5.41) is 11.5. The lowest BCUT2D eigenvalue weighted by Gasteiger charge is -2.44. The molecule has 6 heteroatoms. The van der Waals surface area contributed by atoms with E-state index in [1.165, 1.54) is 0 Å². The molecule has 1 saturated heterocycles. The third-order valence-corrected chi connectivity index (χ3v) is 6.84. The van der Waals surface area contributed by atoms with Crippen LogP contribution < -0.4 is 0 Å². The summed E-state index contributed by atoms with van der Waals surface area (Å²) in [5.74, 6) is 0. The van der Waals surface area contributed by atoms with Gasteiger partial charge in [-0.2, -0.15) is 0 Å². The fraction of sp³-hybridized carbons (Fsp3) is 0.294. The van der Waals surface area contributed by atoms with E-state index in [-0.39, 0.29) is 6.61 Å². The van der Waals surface area contributed by atoms with Crippen molar-refractivity contribution in [3.05, 3.63) is 144 Å². The molecule has 0 aromatic heterocycles. The molecule has 1 heterocycles. The van der Waals surface area contributed by atoms with Gasteiger partial charge in [-0.25, -0.2) is 0 Å². The first-order valence-corrected chi connectivity index (χ1v) is 13.7. The Hall–Kier alpha value is -3.36. The van der Waals surface area contributed by atoms with Gasteiger partial charge in [0.2, 0.25) is 0 Å². The van der Waals surface area contributed by atoms with Crippen LogP contribution in [0.1, 0.15) is 22.3 Å². The fourth-order valence-corrected chi connectivity index (χ4v) is 4.71. The zero-order valence-electron chi connectivity index (χ0n) is 22.5. The first kappa shape index (κ1) is 28.2. The molecule has 0 amide bonds. The maximum absolute atomic E-state index is 11.5. The molecule has 1 N–H and O–H groups in total. The topological polar surface area (TPSA) is 66.4 Å². The number of hydrogen-bond acceptors (Lipinski definition) is 6. The van der Waals surface area contributed by atoms with Gasteiger partial charge in [0.25, 0.3) is 0 Å². The maximum atomic E-state index is 11.5. The van der Waals surface area contributed by atoms with Crippen molar-refractivity contribution >= 4 is 0 Å².